The van der Waals surface area contributed by atoms with Crippen LogP contribution in [0.2, 0.25) is 0 Å². The smallest absolute Gasteiger partial charge is 0.189 e. The molecule has 0 heterocycles. The van der Waals surface area contributed by atoms with E-state index in [4.69, 9.17) is 19.7 Å². The number of benzene rings is 1. The van der Waals surface area contributed by atoms with Crippen LogP contribution >= 0.6 is 0 Å². The third-order valence-electron chi connectivity index (χ3n) is 3.51. The number of aliphatic hydroxyl groups is 2. The molecule has 3 atom stereocenters. The molecule has 3 unspecified atom stereocenters. The van der Waals surface area contributed by atoms with E-state index in [0.717, 1.165) is 17.7 Å². The summed E-state index contributed by atoms with van der Waals surface area (Å²) >= 11 is 0. The van der Waals surface area contributed by atoms with Crippen LogP contribution in [0.5, 0.6) is 0 Å². The summed E-state index contributed by atoms with van der Waals surface area (Å²) in [6.07, 6.45) is 3.12. The van der Waals surface area contributed by atoms with E-state index in [1.165, 1.54) is 6.08 Å². The van der Waals surface area contributed by atoms with Crippen LogP contribution in [-0.2, 0) is 19.1 Å². The molecule has 1 aromatic carbocycles. The van der Waals surface area contributed by atoms with E-state index >= 15 is 0 Å². The highest BCUT2D eigenvalue weighted by atomic mass is 16.5. The Balaban J connectivity index is 0.000000555. The Bertz CT molecular complexity index is 641. The van der Waals surface area contributed by atoms with E-state index in [2.05, 4.69) is 13.2 Å². The lowest BCUT2D eigenvalue weighted by Gasteiger charge is -2.16. The van der Waals surface area contributed by atoms with Gasteiger partial charge in [0, 0.05) is 0 Å². The van der Waals surface area contributed by atoms with Crippen molar-refractivity contribution in [3.05, 3.63) is 66.8 Å². The Morgan fingerprint density at radius 3 is 1.93 bits per heavy atom. The average Bonchev–Trinajstić information content (AvgIpc) is 2.74. The lowest BCUT2D eigenvalue weighted by atomic mass is 10.0. The Hall–Kier alpha value is -2.38. The van der Waals surface area contributed by atoms with Crippen LogP contribution in [0, 0.1) is 0 Å². The molecule has 0 amide bonds. The molecule has 0 saturated heterocycles. The van der Waals surface area contributed by atoms with E-state index in [-0.39, 0.29) is 24.4 Å². The van der Waals surface area contributed by atoms with Crippen molar-refractivity contribution in [3.63, 3.8) is 0 Å². The zero-order valence-corrected chi connectivity index (χ0v) is 17.4. The fourth-order valence-corrected chi connectivity index (χ4v) is 1.90. The first-order chi connectivity index (χ1) is 13.7. The molecular formula is C23H32O6. The lowest BCUT2D eigenvalue weighted by molar-refractivity contribution is -0.116. The minimum Gasteiger partial charge on any atom is -0.394 e. The SMILES string of the molecule is C=CC(=O)C(=Cc1ccccc1)C(=O)C=C.CC(O)COC(C)COC(C)CO. The normalized spacial score (nSPS) is 13.1. The number of allylic oxidation sites excluding steroid dienone is 3. The molecular weight excluding hydrogens is 372 g/mol. The number of ether oxygens (including phenoxy) is 2. The number of aliphatic hydroxyl groups excluding tert-OH is 2. The molecule has 0 radical (unpaired) electrons. The molecule has 1 rings (SSSR count). The Morgan fingerprint density at radius 1 is 0.966 bits per heavy atom. The summed E-state index contributed by atoms with van der Waals surface area (Å²) in [6.45, 7) is 12.8. The molecule has 0 aliphatic rings. The maximum atomic E-state index is 11.5. The van der Waals surface area contributed by atoms with E-state index in [9.17, 15) is 9.59 Å². The van der Waals surface area contributed by atoms with Gasteiger partial charge in [-0.1, -0.05) is 43.5 Å². The standard InChI is InChI=1S/C14H12O2.C9H20O4/c1-3-13(15)12(14(16)4-2)10-11-8-6-5-7-9-11;1-7(11)5-12-9(3)6-13-8(2)4-10/h3-10H,1-2H2;7-11H,4-6H2,1-3H3. The molecule has 1 aromatic rings. The first-order valence-corrected chi connectivity index (χ1v) is 9.37. The third kappa shape index (κ3) is 12.6. The van der Waals surface area contributed by atoms with Gasteiger partial charge in [0.25, 0.3) is 0 Å². The highest BCUT2D eigenvalue weighted by molar-refractivity contribution is 6.29. The Labute approximate surface area is 173 Å². The summed E-state index contributed by atoms with van der Waals surface area (Å²) in [5.41, 5.74) is 0.874. The number of rotatable bonds is 12. The van der Waals surface area contributed by atoms with Crippen molar-refractivity contribution in [2.24, 2.45) is 0 Å². The van der Waals surface area contributed by atoms with Crippen LogP contribution in [0.15, 0.2) is 61.2 Å². The minimum atomic E-state index is -0.447. The quantitative estimate of drug-likeness (QED) is 0.316. The second-order valence-electron chi connectivity index (χ2n) is 6.42. The van der Waals surface area contributed by atoms with Crippen LogP contribution in [-0.4, -0.2) is 59.9 Å². The second-order valence-corrected chi connectivity index (χ2v) is 6.42. The van der Waals surface area contributed by atoms with Crippen molar-refractivity contribution in [3.8, 4) is 0 Å². The fraction of sp³-hybridized carbons (Fsp3) is 0.391. The number of carbonyl (C=O) groups is 2. The van der Waals surface area contributed by atoms with Crippen LogP contribution in [0.4, 0.5) is 0 Å². The highest BCUT2D eigenvalue weighted by Gasteiger charge is 2.12. The van der Waals surface area contributed by atoms with Gasteiger partial charge in [0.05, 0.1) is 43.7 Å². The van der Waals surface area contributed by atoms with Gasteiger partial charge in [0.2, 0.25) is 0 Å². The van der Waals surface area contributed by atoms with E-state index < -0.39 is 17.7 Å². The van der Waals surface area contributed by atoms with Gasteiger partial charge in [-0.15, -0.1) is 0 Å². The van der Waals surface area contributed by atoms with E-state index in [1.807, 2.05) is 37.3 Å². The summed E-state index contributed by atoms with van der Waals surface area (Å²) in [5, 5.41) is 17.6. The zero-order valence-electron chi connectivity index (χ0n) is 17.4. The molecule has 160 valence electrons. The molecule has 29 heavy (non-hydrogen) atoms. The maximum Gasteiger partial charge on any atom is 0.189 e. The summed E-state index contributed by atoms with van der Waals surface area (Å²) in [6, 6.07) is 9.15. The second kappa shape index (κ2) is 15.5. The predicted octanol–water partition coefficient (Wildman–Crippen LogP) is 2.75. The summed E-state index contributed by atoms with van der Waals surface area (Å²) in [7, 11) is 0. The van der Waals surface area contributed by atoms with Crippen molar-refractivity contribution in [2.45, 2.75) is 39.1 Å². The molecule has 0 saturated carbocycles. The zero-order chi connectivity index (χ0) is 22.2. The van der Waals surface area contributed by atoms with Crippen LogP contribution in [0.25, 0.3) is 6.08 Å². The Kier molecular flexibility index (Phi) is 14.3. The predicted molar refractivity (Wildman–Crippen MR) is 114 cm³/mol. The maximum absolute atomic E-state index is 11.5. The van der Waals surface area contributed by atoms with Crippen molar-refractivity contribution < 1.29 is 29.3 Å². The third-order valence-corrected chi connectivity index (χ3v) is 3.51. The van der Waals surface area contributed by atoms with E-state index in [1.54, 1.807) is 13.8 Å². The summed E-state index contributed by atoms with van der Waals surface area (Å²) in [4.78, 5) is 22.9. The fourth-order valence-electron chi connectivity index (χ4n) is 1.90. The first-order valence-electron chi connectivity index (χ1n) is 9.37. The van der Waals surface area contributed by atoms with Gasteiger partial charge >= 0.3 is 0 Å². The lowest BCUT2D eigenvalue weighted by Crippen LogP contribution is -2.24. The average molecular weight is 405 g/mol. The van der Waals surface area contributed by atoms with Crippen LogP contribution in [0.3, 0.4) is 0 Å². The van der Waals surface area contributed by atoms with Gasteiger partial charge in [-0.3, -0.25) is 9.59 Å². The molecule has 0 bridgehead atoms. The van der Waals surface area contributed by atoms with Gasteiger partial charge in [-0.05, 0) is 44.6 Å². The van der Waals surface area contributed by atoms with Gasteiger partial charge in [-0.2, -0.15) is 0 Å². The van der Waals surface area contributed by atoms with Gasteiger partial charge < -0.3 is 19.7 Å². The molecule has 2 N–H and O–H groups in total. The topological polar surface area (TPSA) is 93.1 Å². The van der Waals surface area contributed by atoms with Gasteiger partial charge in [-0.25, -0.2) is 0 Å². The summed E-state index contributed by atoms with van der Waals surface area (Å²) in [5.74, 6) is -0.789. The van der Waals surface area contributed by atoms with Gasteiger partial charge in [0.1, 0.15) is 0 Å². The van der Waals surface area contributed by atoms with Crippen LogP contribution < -0.4 is 0 Å². The first kappa shape index (κ1) is 26.6. The molecule has 0 aliphatic heterocycles. The van der Waals surface area contributed by atoms with Crippen molar-refractivity contribution in [1.82, 2.24) is 0 Å². The number of hydrogen-bond donors (Lipinski definition) is 2. The monoisotopic (exact) mass is 404 g/mol. The number of hydrogen-bond acceptors (Lipinski definition) is 6. The molecule has 0 aromatic heterocycles. The van der Waals surface area contributed by atoms with Gasteiger partial charge in [0.15, 0.2) is 11.6 Å². The largest absolute Gasteiger partial charge is 0.394 e. The minimum absolute atomic E-state index is 0.0170. The molecule has 6 nitrogen and oxygen atoms in total. The van der Waals surface area contributed by atoms with Crippen molar-refractivity contribution in [1.29, 1.82) is 0 Å². The van der Waals surface area contributed by atoms with E-state index in [0.29, 0.717) is 13.2 Å². The summed E-state index contributed by atoms with van der Waals surface area (Å²) < 4.78 is 10.5. The molecule has 0 aliphatic carbocycles. The molecule has 0 spiro atoms. The van der Waals surface area contributed by atoms with Crippen molar-refractivity contribution in [2.75, 3.05) is 19.8 Å². The molecule has 6 heteroatoms. The Morgan fingerprint density at radius 2 is 1.48 bits per heavy atom. The number of carbonyl (C=O) groups excluding carboxylic acids is 2. The number of ketones is 2. The van der Waals surface area contributed by atoms with Crippen LogP contribution in [0.1, 0.15) is 26.3 Å². The van der Waals surface area contributed by atoms with Crippen molar-refractivity contribution >= 4 is 17.6 Å². The highest BCUT2D eigenvalue weighted by Crippen LogP contribution is 2.09. The molecule has 0 fully saturated rings.